The number of aryl methyl sites for hydroxylation is 1. The van der Waals surface area contributed by atoms with Crippen LogP contribution >= 0.6 is 11.6 Å². The fourth-order valence-electron chi connectivity index (χ4n) is 1.67. The van der Waals surface area contributed by atoms with Crippen molar-refractivity contribution in [1.29, 1.82) is 0 Å². The standard InChI is InChI=1S/C13H11ClF3NO/c1-8-2-3-9(6-11(8)13(15,16)17)18-7-10-4-5-12(14)19-10/h2-6,18H,7H2,1H3. The average molecular weight is 290 g/mol. The molecule has 0 aliphatic carbocycles. The summed E-state index contributed by atoms with van der Waals surface area (Å²) in [6.45, 7) is 1.70. The lowest BCUT2D eigenvalue weighted by Gasteiger charge is -2.12. The molecule has 2 rings (SSSR count). The van der Waals surface area contributed by atoms with E-state index in [0.717, 1.165) is 6.07 Å². The molecule has 6 heteroatoms. The van der Waals surface area contributed by atoms with Crippen molar-refractivity contribution >= 4 is 17.3 Å². The van der Waals surface area contributed by atoms with Gasteiger partial charge in [-0.05, 0) is 48.4 Å². The minimum absolute atomic E-state index is 0.194. The lowest BCUT2D eigenvalue weighted by atomic mass is 10.1. The van der Waals surface area contributed by atoms with Crippen LogP contribution in [0, 0.1) is 6.92 Å². The van der Waals surface area contributed by atoms with E-state index in [9.17, 15) is 13.2 Å². The molecule has 0 amide bonds. The molecule has 1 aromatic heterocycles. The summed E-state index contributed by atoms with van der Waals surface area (Å²) < 4.78 is 43.3. The number of hydrogen-bond donors (Lipinski definition) is 1. The minimum Gasteiger partial charge on any atom is -0.448 e. The number of anilines is 1. The molecule has 0 spiro atoms. The highest BCUT2D eigenvalue weighted by Gasteiger charge is 2.32. The Hall–Kier alpha value is -1.62. The molecule has 1 aromatic carbocycles. The molecule has 0 aliphatic heterocycles. The third-order valence-corrected chi connectivity index (χ3v) is 2.84. The molecule has 1 N–H and O–H groups in total. The summed E-state index contributed by atoms with van der Waals surface area (Å²) in [5, 5.41) is 3.11. The Kier molecular flexibility index (Phi) is 3.75. The largest absolute Gasteiger partial charge is 0.448 e. The summed E-state index contributed by atoms with van der Waals surface area (Å²) in [5.41, 5.74) is -0.0699. The first-order chi connectivity index (χ1) is 8.86. The number of nitrogens with one attached hydrogen (secondary N) is 1. The topological polar surface area (TPSA) is 25.2 Å². The van der Waals surface area contributed by atoms with Crippen LogP contribution in [0.15, 0.2) is 34.7 Å². The number of furan rings is 1. The van der Waals surface area contributed by atoms with Gasteiger partial charge in [-0.25, -0.2) is 0 Å². The summed E-state index contributed by atoms with van der Waals surface area (Å²) in [4.78, 5) is 0. The maximum absolute atomic E-state index is 12.7. The van der Waals surface area contributed by atoms with Crippen LogP contribution in [0.2, 0.25) is 5.22 Å². The first-order valence-electron chi connectivity index (χ1n) is 5.52. The summed E-state index contributed by atoms with van der Waals surface area (Å²) in [5.74, 6) is 0.555. The van der Waals surface area contributed by atoms with Gasteiger partial charge in [0.05, 0.1) is 12.1 Å². The van der Waals surface area contributed by atoms with Crippen molar-refractivity contribution in [1.82, 2.24) is 0 Å². The zero-order valence-electron chi connectivity index (χ0n) is 10.0. The van der Waals surface area contributed by atoms with Gasteiger partial charge in [0.15, 0.2) is 5.22 Å². The van der Waals surface area contributed by atoms with E-state index in [-0.39, 0.29) is 17.3 Å². The predicted octanol–water partition coefficient (Wildman–Crippen LogP) is 4.87. The zero-order chi connectivity index (χ0) is 14.0. The maximum atomic E-state index is 12.7. The van der Waals surface area contributed by atoms with Gasteiger partial charge in [0, 0.05) is 5.69 Å². The van der Waals surface area contributed by atoms with Gasteiger partial charge in [0.1, 0.15) is 5.76 Å². The minimum atomic E-state index is -4.35. The molecular formula is C13H11ClF3NO. The Morgan fingerprint density at radius 3 is 2.53 bits per heavy atom. The number of alkyl halides is 3. The second-order valence-electron chi connectivity index (χ2n) is 4.09. The van der Waals surface area contributed by atoms with Crippen molar-refractivity contribution in [3.05, 3.63) is 52.4 Å². The fraction of sp³-hybridized carbons (Fsp3) is 0.231. The molecule has 0 bridgehead atoms. The monoisotopic (exact) mass is 289 g/mol. The highest BCUT2D eigenvalue weighted by molar-refractivity contribution is 6.28. The third kappa shape index (κ3) is 3.44. The van der Waals surface area contributed by atoms with Crippen molar-refractivity contribution in [2.24, 2.45) is 0 Å². The smallest absolute Gasteiger partial charge is 0.416 e. The molecule has 102 valence electrons. The average Bonchev–Trinajstić information content (AvgIpc) is 2.72. The van der Waals surface area contributed by atoms with Gasteiger partial charge < -0.3 is 9.73 Å². The van der Waals surface area contributed by atoms with Crippen LogP contribution in [-0.4, -0.2) is 0 Å². The molecule has 0 radical (unpaired) electrons. The van der Waals surface area contributed by atoms with Crippen LogP contribution in [0.5, 0.6) is 0 Å². The molecule has 0 unspecified atom stereocenters. The first kappa shape index (κ1) is 13.8. The summed E-state index contributed by atoms with van der Waals surface area (Å²) >= 11 is 5.60. The van der Waals surface area contributed by atoms with E-state index in [1.54, 1.807) is 18.2 Å². The van der Waals surface area contributed by atoms with E-state index in [2.05, 4.69) is 5.32 Å². The van der Waals surface area contributed by atoms with Gasteiger partial charge in [-0.1, -0.05) is 6.07 Å². The van der Waals surface area contributed by atoms with Gasteiger partial charge in [0.2, 0.25) is 0 Å². The highest BCUT2D eigenvalue weighted by atomic mass is 35.5. The fourth-order valence-corrected chi connectivity index (χ4v) is 1.84. The van der Waals surface area contributed by atoms with E-state index >= 15 is 0 Å². The van der Waals surface area contributed by atoms with Crippen molar-refractivity contribution < 1.29 is 17.6 Å². The van der Waals surface area contributed by atoms with E-state index in [4.69, 9.17) is 16.0 Å². The SMILES string of the molecule is Cc1ccc(NCc2ccc(Cl)o2)cc1C(F)(F)F. The summed E-state index contributed by atoms with van der Waals surface area (Å²) in [6.07, 6.45) is -4.35. The lowest BCUT2D eigenvalue weighted by molar-refractivity contribution is -0.138. The first-order valence-corrected chi connectivity index (χ1v) is 5.90. The maximum Gasteiger partial charge on any atom is 0.416 e. The van der Waals surface area contributed by atoms with E-state index in [1.165, 1.54) is 13.0 Å². The Labute approximate surface area is 113 Å². The van der Waals surface area contributed by atoms with Gasteiger partial charge in [-0.15, -0.1) is 0 Å². The molecule has 0 atom stereocenters. The Bertz CT molecular complexity index is 578. The molecular weight excluding hydrogens is 279 g/mol. The molecule has 0 saturated carbocycles. The third-order valence-electron chi connectivity index (χ3n) is 2.64. The normalized spacial score (nSPS) is 11.6. The van der Waals surface area contributed by atoms with Crippen LogP contribution < -0.4 is 5.32 Å². The predicted molar refractivity (Wildman–Crippen MR) is 67.2 cm³/mol. The second kappa shape index (κ2) is 5.17. The van der Waals surface area contributed by atoms with Crippen molar-refractivity contribution in [2.45, 2.75) is 19.6 Å². The molecule has 0 saturated heterocycles. The summed E-state index contributed by atoms with van der Waals surface area (Å²) in [6, 6.07) is 7.35. The van der Waals surface area contributed by atoms with Crippen molar-refractivity contribution in [3.8, 4) is 0 Å². The second-order valence-corrected chi connectivity index (χ2v) is 4.46. The summed E-state index contributed by atoms with van der Waals surface area (Å²) in [7, 11) is 0. The van der Waals surface area contributed by atoms with Crippen LogP contribution in [-0.2, 0) is 12.7 Å². The number of halogens is 4. The molecule has 2 nitrogen and oxygen atoms in total. The molecule has 19 heavy (non-hydrogen) atoms. The number of rotatable bonds is 3. The van der Waals surface area contributed by atoms with Gasteiger partial charge >= 0.3 is 6.18 Å². The van der Waals surface area contributed by atoms with E-state index in [0.29, 0.717) is 11.4 Å². The Balaban J connectivity index is 2.13. The highest BCUT2D eigenvalue weighted by Crippen LogP contribution is 2.33. The van der Waals surface area contributed by atoms with Crippen molar-refractivity contribution in [2.75, 3.05) is 5.32 Å². The van der Waals surface area contributed by atoms with Crippen LogP contribution in [0.3, 0.4) is 0 Å². The Morgan fingerprint density at radius 1 is 1.21 bits per heavy atom. The lowest BCUT2D eigenvalue weighted by Crippen LogP contribution is -2.08. The van der Waals surface area contributed by atoms with Crippen LogP contribution in [0.4, 0.5) is 18.9 Å². The molecule has 2 aromatic rings. The van der Waals surface area contributed by atoms with Gasteiger partial charge in [-0.2, -0.15) is 13.2 Å². The van der Waals surface area contributed by atoms with Crippen LogP contribution in [0.25, 0.3) is 0 Å². The number of hydrogen-bond acceptors (Lipinski definition) is 2. The van der Waals surface area contributed by atoms with E-state index in [1.807, 2.05) is 0 Å². The van der Waals surface area contributed by atoms with Crippen LogP contribution in [0.1, 0.15) is 16.9 Å². The van der Waals surface area contributed by atoms with Gasteiger partial charge in [0.25, 0.3) is 0 Å². The Morgan fingerprint density at radius 2 is 1.95 bits per heavy atom. The molecule has 0 fully saturated rings. The number of benzene rings is 1. The zero-order valence-corrected chi connectivity index (χ0v) is 10.8. The van der Waals surface area contributed by atoms with Crippen molar-refractivity contribution in [3.63, 3.8) is 0 Å². The van der Waals surface area contributed by atoms with E-state index < -0.39 is 11.7 Å². The quantitative estimate of drug-likeness (QED) is 0.872. The molecule has 0 aliphatic rings. The molecule has 1 heterocycles. The van der Waals surface area contributed by atoms with Gasteiger partial charge in [-0.3, -0.25) is 0 Å².